The molecule has 1 aromatic rings. The van der Waals surface area contributed by atoms with Gasteiger partial charge in [0.15, 0.2) is 0 Å². The highest BCUT2D eigenvalue weighted by molar-refractivity contribution is 7.89. The maximum atomic E-state index is 12.3. The molecule has 1 atom stereocenters. The fraction of sp³-hybridized carbons (Fsp3) is 0.538. The van der Waals surface area contributed by atoms with Crippen molar-refractivity contribution < 1.29 is 8.42 Å². The summed E-state index contributed by atoms with van der Waals surface area (Å²) in [5, 5.41) is 3.54. The molecule has 0 aliphatic rings. The summed E-state index contributed by atoms with van der Waals surface area (Å²) in [6.45, 7) is 4.25. The lowest BCUT2D eigenvalue weighted by molar-refractivity contribution is 0.544. The van der Waals surface area contributed by atoms with Crippen molar-refractivity contribution in [2.24, 2.45) is 0 Å². The van der Waals surface area contributed by atoms with Crippen LogP contribution in [0.2, 0.25) is 10.0 Å². The van der Waals surface area contributed by atoms with E-state index in [9.17, 15) is 8.42 Å². The fourth-order valence-electron chi connectivity index (χ4n) is 1.94. The second kappa shape index (κ2) is 7.61. The van der Waals surface area contributed by atoms with Crippen LogP contribution in [0.3, 0.4) is 0 Å². The zero-order valence-corrected chi connectivity index (χ0v) is 14.2. The van der Waals surface area contributed by atoms with Crippen LogP contribution >= 0.6 is 23.2 Å². The molecule has 0 radical (unpaired) electrons. The summed E-state index contributed by atoms with van der Waals surface area (Å²) < 4.78 is 27.3. The molecule has 20 heavy (non-hydrogen) atoms. The van der Waals surface area contributed by atoms with E-state index >= 15 is 0 Å². The number of sulfonamides is 1. The Morgan fingerprint density at radius 3 is 2.50 bits per heavy atom. The van der Waals surface area contributed by atoms with E-state index in [0.717, 1.165) is 12.8 Å². The topological polar surface area (TPSA) is 58.2 Å². The first kappa shape index (κ1) is 17.7. The quantitative estimate of drug-likeness (QED) is 0.802. The van der Waals surface area contributed by atoms with Gasteiger partial charge in [0, 0.05) is 23.2 Å². The molecule has 1 aromatic carbocycles. The number of benzene rings is 1. The lowest BCUT2D eigenvalue weighted by Gasteiger charge is -2.16. The van der Waals surface area contributed by atoms with E-state index in [4.69, 9.17) is 23.2 Å². The van der Waals surface area contributed by atoms with Gasteiger partial charge in [-0.25, -0.2) is 13.1 Å². The minimum atomic E-state index is -3.64. The van der Waals surface area contributed by atoms with Crippen LogP contribution in [0.4, 0.5) is 0 Å². The van der Waals surface area contributed by atoms with Gasteiger partial charge in [-0.1, -0.05) is 36.5 Å². The maximum Gasteiger partial charge on any atom is 0.242 e. The molecule has 0 fully saturated rings. The highest BCUT2D eigenvalue weighted by atomic mass is 35.5. The van der Waals surface area contributed by atoms with Gasteiger partial charge in [0.25, 0.3) is 0 Å². The van der Waals surface area contributed by atoms with Crippen molar-refractivity contribution in [3.63, 3.8) is 0 Å². The Morgan fingerprint density at radius 2 is 1.95 bits per heavy atom. The first-order chi connectivity index (χ1) is 9.33. The highest BCUT2D eigenvalue weighted by Crippen LogP contribution is 2.31. The summed E-state index contributed by atoms with van der Waals surface area (Å²) >= 11 is 12.2. The molecule has 1 rings (SSSR count). The molecule has 0 amide bonds. The van der Waals surface area contributed by atoms with Gasteiger partial charge < -0.3 is 5.32 Å². The summed E-state index contributed by atoms with van der Waals surface area (Å²) in [7, 11) is -1.89. The van der Waals surface area contributed by atoms with Gasteiger partial charge in [-0.15, -0.1) is 0 Å². The van der Waals surface area contributed by atoms with Crippen LogP contribution in [-0.2, 0) is 16.6 Å². The Kier molecular flexibility index (Phi) is 6.75. The summed E-state index contributed by atoms with van der Waals surface area (Å²) in [4.78, 5) is 0.0665. The predicted octanol–water partition coefficient (Wildman–Crippen LogP) is 3.18. The molecule has 0 aliphatic heterocycles. The van der Waals surface area contributed by atoms with Crippen LogP contribution in [0.25, 0.3) is 0 Å². The van der Waals surface area contributed by atoms with E-state index in [-0.39, 0.29) is 16.0 Å². The maximum absolute atomic E-state index is 12.3. The Hall–Kier alpha value is -0.330. The zero-order chi connectivity index (χ0) is 15.3. The minimum Gasteiger partial charge on any atom is -0.316 e. The molecule has 0 heterocycles. The average Bonchev–Trinajstić information content (AvgIpc) is 2.33. The normalized spacial score (nSPS) is 13.4. The van der Waals surface area contributed by atoms with Crippen molar-refractivity contribution in [2.45, 2.75) is 44.2 Å². The SMILES string of the molecule is CCCC(C)NS(=O)(=O)c1ccc(Cl)c(CNC)c1Cl. The molecule has 0 saturated heterocycles. The first-order valence-corrected chi connectivity index (χ1v) is 8.71. The van der Waals surface area contributed by atoms with Gasteiger partial charge in [0.2, 0.25) is 10.0 Å². The van der Waals surface area contributed by atoms with Gasteiger partial charge in [-0.2, -0.15) is 0 Å². The zero-order valence-electron chi connectivity index (χ0n) is 11.8. The molecule has 0 saturated carbocycles. The summed E-state index contributed by atoms with van der Waals surface area (Å²) in [6, 6.07) is 2.86. The van der Waals surface area contributed by atoms with Crippen LogP contribution in [0.1, 0.15) is 32.3 Å². The molecular formula is C13H20Cl2N2O2S. The number of nitrogens with one attached hydrogen (secondary N) is 2. The van der Waals surface area contributed by atoms with Crippen molar-refractivity contribution in [3.05, 3.63) is 27.7 Å². The van der Waals surface area contributed by atoms with Crippen molar-refractivity contribution in [1.82, 2.24) is 10.0 Å². The lowest BCUT2D eigenvalue weighted by atomic mass is 10.2. The van der Waals surface area contributed by atoms with Crippen LogP contribution in [-0.4, -0.2) is 21.5 Å². The second-order valence-corrected chi connectivity index (χ2v) is 7.15. The molecule has 7 heteroatoms. The Balaban J connectivity index is 3.16. The van der Waals surface area contributed by atoms with E-state index in [1.165, 1.54) is 6.07 Å². The number of hydrogen-bond donors (Lipinski definition) is 2. The average molecular weight is 339 g/mol. The number of rotatable bonds is 7. The summed E-state index contributed by atoms with van der Waals surface area (Å²) in [6.07, 6.45) is 1.68. The van der Waals surface area contributed by atoms with E-state index in [0.29, 0.717) is 17.1 Å². The standard InChI is InChI=1S/C13H20Cl2N2O2S/c1-4-5-9(2)17-20(18,19)12-7-6-11(14)10(8-16-3)13(12)15/h6-7,9,16-17H,4-5,8H2,1-3H3. The van der Waals surface area contributed by atoms with Crippen molar-refractivity contribution in [1.29, 1.82) is 0 Å². The van der Waals surface area contributed by atoms with Crippen LogP contribution in [0, 0.1) is 0 Å². The third-order valence-electron chi connectivity index (χ3n) is 2.87. The van der Waals surface area contributed by atoms with Crippen LogP contribution in [0.15, 0.2) is 17.0 Å². The lowest BCUT2D eigenvalue weighted by Crippen LogP contribution is -2.32. The van der Waals surface area contributed by atoms with Crippen molar-refractivity contribution in [3.8, 4) is 0 Å². The van der Waals surface area contributed by atoms with Crippen molar-refractivity contribution >= 4 is 33.2 Å². The molecule has 0 aromatic heterocycles. The molecule has 2 N–H and O–H groups in total. The highest BCUT2D eigenvalue weighted by Gasteiger charge is 2.22. The minimum absolute atomic E-state index is 0.0665. The van der Waals surface area contributed by atoms with Gasteiger partial charge in [-0.05, 0) is 32.5 Å². The summed E-state index contributed by atoms with van der Waals surface area (Å²) in [5.41, 5.74) is 0.585. The second-order valence-electron chi connectivity index (χ2n) is 4.68. The fourth-order valence-corrected chi connectivity index (χ4v) is 4.13. The van der Waals surface area contributed by atoms with Crippen LogP contribution in [0.5, 0.6) is 0 Å². The molecule has 4 nitrogen and oxygen atoms in total. The Labute approximate surface area is 130 Å². The Bertz CT molecular complexity index is 562. The largest absolute Gasteiger partial charge is 0.316 e. The van der Waals surface area contributed by atoms with Gasteiger partial charge in [-0.3, -0.25) is 0 Å². The van der Waals surface area contributed by atoms with Gasteiger partial charge in [0.05, 0.1) is 5.02 Å². The molecule has 114 valence electrons. The summed E-state index contributed by atoms with van der Waals surface area (Å²) in [5.74, 6) is 0. The van der Waals surface area contributed by atoms with E-state index in [1.54, 1.807) is 13.1 Å². The Morgan fingerprint density at radius 1 is 1.30 bits per heavy atom. The first-order valence-electron chi connectivity index (χ1n) is 6.47. The van der Waals surface area contributed by atoms with Crippen LogP contribution < -0.4 is 10.0 Å². The molecule has 0 aliphatic carbocycles. The monoisotopic (exact) mass is 338 g/mol. The van der Waals surface area contributed by atoms with E-state index in [1.807, 2.05) is 13.8 Å². The smallest absolute Gasteiger partial charge is 0.242 e. The van der Waals surface area contributed by atoms with Gasteiger partial charge in [0.1, 0.15) is 4.90 Å². The van der Waals surface area contributed by atoms with E-state index < -0.39 is 10.0 Å². The molecular weight excluding hydrogens is 319 g/mol. The van der Waals surface area contributed by atoms with E-state index in [2.05, 4.69) is 10.0 Å². The third kappa shape index (κ3) is 4.33. The molecule has 0 bridgehead atoms. The number of hydrogen-bond acceptors (Lipinski definition) is 3. The predicted molar refractivity (Wildman–Crippen MR) is 83.9 cm³/mol. The van der Waals surface area contributed by atoms with Gasteiger partial charge >= 0.3 is 0 Å². The van der Waals surface area contributed by atoms with Crippen molar-refractivity contribution in [2.75, 3.05) is 7.05 Å². The molecule has 1 unspecified atom stereocenters. The third-order valence-corrected chi connectivity index (χ3v) is 5.40. The molecule has 0 spiro atoms. The number of halogens is 2.